The molecule has 7 nitrogen and oxygen atoms in total. The number of nitrogens with zero attached hydrogens (tertiary/aromatic N) is 2. The highest BCUT2D eigenvalue weighted by atomic mass is 19.4. The van der Waals surface area contributed by atoms with E-state index in [0.29, 0.717) is 22.5 Å². The van der Waals surface area contributed by atoms with Gasteiger partial charge in [-0.3, -0.25) is 4.79 Å². The van der Waals surface area contributed by atoms with Crippen LogP contribution in [0.5, 0.6) is 5.75 Å². The SMILES string of the molecule is O=C(O)c1ccc2c(c1)nc(-c1ccc(C(=O)NCc3cccc(OC(F)(F)F)c3)cc1)n2C1CCCCC1. The molecule has 1 heterocycles. The van der Waals surface area contributed by atoms with Crippen LogP contribution >= 0.6 is 0 Å². The third-order valence-electron chi connectivity index (χ3n) is 6.87. The van der Waals surface area contributed by atoms with Gasteiger partial charge >= 0.3 is 12.3 Å². The standard InChI is InChI=1S/C29H26F3N3O4/c30-29(31,32)39-23-8-4-5-18(15-23)17-33-27(36)20-11-9-19(10-12-20)26-34-24-16-21(28(37)38)13-14-25(24)35(26)22-6-2-1-3-7-22/h4-5,8-16,22H,1-3,6-7,17H2,(H,33,36)(H,37,38). The summed E-state index contributed by atoms with van der Waals surface area (Å²) in [5, 5.41) is 12.1. The minimum atomic E-state index is -4.79. The Labute approximate surface area is 222 Å². The van der Waals surface area contributed by atoms with Crippen LogP contribution in [0.3, 0.4) is 0 Å². The maximum Gasteiger partial charge on any atom is 0.573 e. The molecule has 5 rings (SSSR count). The zero-order valence-corrected chi connectivity index (χ0v) is 20.9. The third-order valence-corrected chi connectivity index (χ3v) is 6.87. The number of alkyl halides is 3. The highest BCUT2D eigenvalue weighted by molar-refractivity contribution is 5.95. The van der Waals surface area contributed by atoms with E-state index in [1.807, 2.05) is 0 Å². The van der Waals surface area contributed by atoms with E-state index in [9.17, 15) is 27.9 Å². The lowest BCUT2D eigenvalue weighted by Crippen LogP contribution is -2.23. The number of hydrogen-bond acceptors (Lipinski definition) is 4. The molecule has 0 saturated heterocycles. The van der Waals surface area contributed by atoms with Crippen molar-refractivity contribution in [2.24, 2.45) is 0 Å². The number of nitrogens with one attached hydrogen (secondary N) is 1. The van der Waals surface area contributed by atoms with Gasteiger partial charge < -0.3 is 19.7 Å². The van der Waals surface area contributed by atoms with Crippen LogP contribution in [-0.4, -0.2) is 32.9 Å². The lowest BCUT2D eigenvalue weighted by atomic mass is 9.94. The molecule has 4 aromatic rings. The Balaban J connectivity index is 1.36. The van der Waals surface area contributed by atoms with Gasteiger partial charge in [0.15, 0.2) is 0 Å². The second-order valence-corrected chi connectivity index (χ2v) is 9.56. The van der Waals surface area contributed by atoms with Crippen LogP contribution in [0, 0.1) is 0 Å². The van der Waals surface area contributed by atoms with Crippen LogP contribution in [-0.2, 0) is 6.54 Å². The van der Waals surface area contributed by atoms with Gasteiger partial charge in [0.25, 0.3) is 5.91 Å². The number of rotatable bonds is 7. The van der Waals surface area contributed by atoms with Crippen LogP contribution in [0.4, 0.5) is 13.2 Å². The fraction of sp³-hybridized carbons (Fsp3) is 0.276. The van der Waals surface area contributed by atoms with Crippen LogP contribution in [0.1, 0.15) is 64.4 Å². The molecule has 0 bridgehead atoms. The molecule has 3 aromatic carbocycles. The summed E-state index contributed by atoms with van der Waals surface area (Å²) >= 11 is 0. The maximum absolute atomic E-state index is 12.7. The summed E-state index contributed by atoms with van der Waals surface area (Å²) in [6.07, 6.45) is 0.636. The predicted molar refractivity (Wildman–Crippen MR) is 139 cm³/mol. The van der Waals surface area contributed by atoms with Crippen LogP contribution in [0.2, 0.25) is 0 Å². The van der Waals surface area contributed by atoms with Gasteiger partial charge in [-0.05, 0) is 60.9 Å². The third kappa shape index (κ3) is 6.05. The molecule has 0 spiro atoms. The smallest absolute Gasteiger partial charge is 0.478 e. The van der Waals surface area contributed by atoms with Crippen molar-refractivity contribution in [3.05, 3.63) is 83.4 Å². The fourth-order valence-corrected chi connectivity index (χ4v) is 5.05. The van der Waals surface area contributed by atoms with E-state index in [1.54, 1.807) is 48.5 Å². The van der Waals surface area contributed by atoms with Gasteiger partial charge in [-0.25, -0.2) is 9.78 Å². The van der Waals surface area contributed by atoms with Crippen LogP contribution in [0.15, 0.2) is 66.7 Å². The number of carbonyl (C=O) groups is 2. The monoisotopic (exact) mass is 537 g/mol. The van der Waals surface area contributed by atoms with E-state index in [-0.39, 0.29) is 29.8 Å². The van der Waals surface area contributed by atoms with E-state index in [4.69, 9.17) is 4.98 Å². The Morgan fingerprint density at radius 3 is 2.38 bits per heavy atom. The van der Waals surface area contributed by atoms with Crippen molar-refractivity contribution in [2.75, 3.05) is 0 Å². The van der Waals surface area contributed by atoms with Crippen molar-refractivity contribution in [2.45, 2.75) is 51.1 Å². The second-order valence-electron chi connectivity index (χ2n) is 9.56. The van der Waals surface area contributed by atoms with Gasteiger partial charge in [0.1, 0.15) is 11.6 Å². The second kappa shape index (κ2) is 10.8. The molecule has 10 heteroatoms. The van der Waals surface area contributed by atoms with Crippen molar-refractivity contribution in [3.63, 3.8) is 0 Å². The molecule has 0 aliphatic heterocycles. The Morgan fingerprint density at radius 2 is 1.69 bits per heavy atom. The Bertz CT molecular complexity index is 1510. The summed E-state index contributed by atoms with van der Waals surface area (Å²) in [6, 6.07) is 17.6. The number of amides is 1. The summed E-state index contributed by atoms with van der Waals surface area (Å²) < 4.78 is 43.6. The summed E-state index contributed by atoms with van der Waals surface area (Å²) in [7, 11) is 0. The molecule has 39 heavy (non-hydrogen) atoms. The minimum absolute atomic E-state index is 0.0268. The summed E-state index contributed by atoms with van der Waals surface area (Å²) in [4.78, 5) is 29.0. The van der Waals surface area contributed by atoms with E-state index >= 15 is 0 Å². The van der Waals surface area contributed by atoms with Crippen LogP contribution < -0.4 is 10.1 Å². The highest BCUT2D eigenvalue weighted by Gasteiger charge is 2.31. The Kier molecular flexibility index (Phi) is 7.28. The van der Waals surface area contributed by atoms with Gasteiger partial charge in [0, 0.05) is 23.7 Å². The number of aromatic nitrogens is 2. The number of aromatic carboxylic acids is 1. The Hall–Kier alpha value is -4.34. The molecule has 1 amide bonds. The molecular formula is C29H26F3N3O4. The minimum Gasteiger partial charge on any atom is -0.478 e. The number of imidazole rings is 1. The number of benzene rings is 3. The molecular weight excluding hydrogens is 511 g/mol. The lowest BCUT2D eigenvalue weighted by Gasteiger charge is -2.25. The average molecular weight is 538 g/mol. The molecule has 202 valence electrons. The first-order chi connectivity index (χ1) is 18.7. The van der Waals surface area contributed by atoms with Crippen molar-refractivity contribution in [1.29, 1.82) is 0 Å². The van der Waals surface area contributed by atoms with Crippen molar-refractivity contribution in [1.82, 2.24) is 14.9 Å². The largest absolute Gasteiger partial charge is 0.573 e. The Morgan fingerprint density at radius 1 is 0.974 bits per heavy atom. The number of carbonyl (C=O) groups excluding carboxylic acids is 1. The van der Waals surface area contributed by atoms with Crippen molar-refractivity contribution < 1.29 is 32.6 Å². The molecule has 0 unspecified atom stereocenters. The summed E-state index contributed by atoms with van der Waals surface area (Å²) in [6.45, 7) is 0.0268. The normalized spacial score (nSPS) is 14.3. The fourth-order valence-electron chi connectivity index (χ4n) is 5.05. The number of carboxylic acids is 1. The first-order valence-electron chi connectivity index (χ1n) is 12.7. The van der Waals surface area contributed by atoms with Gasteiger partial charge in [0.2, 0.25) is 0 Å². The van der Waals surface area contributed by atoms with Crippen molar-refractivity contribution in [3.8, 4) is 17.1 Å². The van der Waals surface area contributed by atoms with E-state index in [1.165, 1.54) is 24.6 Å². The van der Waals surface area contributed by atoms with E-state index in [2.05, 4.69) is 14.6 Å². The molecule has 1 saturated carbocycles. The zero-order chi connectivity index (χ0) is 27.6. The summed E-state index contributed by atoms with van der Waals surface area (Å²) in [5.74, 6) is -1.03. The van der Waals surface area contributed by atoms with Gasteiger partial charge in [-0.1, -0.05) is 43.5 Å². The van der Waals surface area contributed by atoms with E-state index in [0.717, 1.165) is 36.8 Å². The molecule has 1 aliphatic rings. The summed E-state index contributed by atoms with van der Waals surface area (Å²) in [5.41, 5.74) is 3.29. The molecule has 1 aromatic heterocycles. The molecule has 2 N–H and O–H groups in total. The van der Waals surface area contributed by atoms with Gasteiger partial charge in [-0.2, -0.15) is 0 Å². The van der Waals surface area contributed by atoms with Gasteiger partial charge in [0.05, 0.1) is 16.6 Å². The predicted octanol–water partition coefficient (Wildman–Crippen LogP) is 6.74. The molecule has 0 atom stereocenters. The number of fused-ring (bicyclic) bond motifs is 1. The molecule has 1 fully saturated rings. The van der Waals surface area contributed by atoms with Gasteiger partial charge in [-0.15, -0.1) is 13.2 Å². The number of hydrogen-bond donors (Lipinski definition) is 2. The zero-order valence-electron chi connectivity index (χ0n) is 20.9. The number of ether oxygens (including phenoxy) is 1. The number of halogens is 3. The molecule has 0 radical (unpaired) electrons. The first-order valence-corrected chi connectivity index (χ1v) is 12.7. The first kappa shape index (κ1) is 26.3. The van der Waals surface area contributed by atoms with E-state index < -0.39 is 12.3 Å². The van der Waals surface area contributed by atoms with Crippen molar-refractivity contribution >= 4 is 22.9 Å². The lowest BCUT2D eigenvalue weighted by molar-refractivity contribution is -0.274. The average Bonchev–Trinajstić information content (AvgIpc) is 3.30. The quantitative estimate of drug-likeness (QED) is 0.273. The van der Waals surface area contributed by atoms with Crippen LogP contribution in [0.25, 0.3) is 22.4 Å². The highest BCUT2D eigenvalue weighted by Crippen LogP contribution is 2.36. The molecule has 1 aliphatic carbocycles. The topological polar surface area (TPSA) is 93.4 Å². The number of carboxylic acid groups (broad SMARTS) is 1. The maximum atomic E-state index is 12.7.